The fourth-order valence-corrected chi connectivity index (χ4v) is 3.22. The van der Waals surface area contributed by atoms with E-state index in [9.17, 15) is 9.59 Å². The van der Waals surface area contributed by atoms with Crippen LogP contribution in [0.2, 0.25) is 0 Å². The van der Waals surface area contributed by atoms with Crippen molar-refractivity contribution in [3.63, 3.8) is 0 Å². The van der Waals surface area contributed by atoms with Crippen molar-refractivity contribution in [1.82, 2.24) is 5.32 Å². The fourth-order valence-electron chi connectivity index (χ4n) is 3.22. The molecule has 4 heteroatoms. The minimum atomic E-state index is -0.128. The van der Waals surface area contributed by atoms with Crippen LogP contribution < -0.4 is 10.2 Å². The normalized spacial score (nSPS) is 23.2. The Morgan fingerprint density at radius 3 is 2.67 bits per heavy atom. The van der Waals surface area contributed by atoms with Crippen LogP contribution in [0.5, 0.6) is 0 Å². The number of carbonyl (C=O) groups is 2. The van der Waals surface area contributed by atoms with E-state index >= 15 is 0 Å². The molecule has 21 heavy (non-hydrogen) atoms. The van der Waals surface area contributed by atoms with Gasteiger partial charge < -0.3 is 4.90 Å². The van der Waals surface area contributed by atoms with Gasteiger partial charge in [0.25, 0.3) is 0 Å². The topological polar surface area (TPSA) is 49.4 Å². The van der Waals surface area contributed by atoms with Crippen molar-refractivity contribution in [3.8, 4) is 0 Å². The molecule has 0 radical (unpaired) electrons. The molecule has 1 aromatic carbocycles. The lowest BCUT2D eigenvalue weighted by molar-refractivity contribution is -0.138. The summed E-state index contributed by atoms with van der Waals surface area (Å²) in [5, 5.41) is 2.46. The van der Waals surface area contributed by atoms with E-state index in [2.05, 4.69) is 48.3 Å². The Bertz CT molecular complexity index is 562. The zero-order chi connectivity index (χ0) is 15.0. The average Bonchev–Trinajstić information content (AvgIpc) is 2.40. The smallest absolute Gasteiger partial charge is 0.230 e. The van der Waals surface area contributed by atoms with Gasteiger partial charge in [0, 0.05) is 37.0 Å². The number of imide groups is 1. The first-order valence-corrected chi connectivity index (χ1v) is 7.73. The minimum Gasteiger partial charge on any atom is -0.371 e. The summed E-state index contributed by atoms with van der Waals surface area (Å²) in [5.41, 5.74) is 2.58. The van der Waals surface area contributed by atoms with Crippen molar-refractivity contribution in [2.45, 2.75) is 32.6 Å². The van der Waals surface area contributed by atoms with E-state index in [0.717, 1.165) is 13.1 Å². The SMILES string of the molecule is CC(C)c1cccc(N2CC(C3CCC(=O)NC3=O)C2)c1. The summed E-state index contributed by atoms with van der Waals surface area (Å²) in [4.78, 5) is 25.4. The second kappa shape index (κ2) is 5.51. The zero-order valence-corrected chi connectivity index (χ0v) is 12.6. The van der Waals surface area contributed by atoms with E-state index in [1.165, 1.54) is 11.3 Å². The first-order valence-electron chi connectivity index (χ1n) is 7.73. The van der Waals surface area contributed by atoms with Crippen LogP contribution in [0.4, 0.5) is 5.69 Å². The molecule has 2 aliphatic heterocycles. The standard InChI is InChI=1S/C17H22N2O2/c1-11(2)12-4-3-5-14(8-12)19-9-13(10-19)15-6-7-16(20)18-17(15)21/h3-5,8,11,13,15H,6-7,9-10H2,1-2H3,(H,18,20,21). The Hall–Kier alpha value is -1.84. The number of amides is 2. The summed E-state index contributed by atoms with van der Waals surface area (Å²) >= 11 is 0. The number of nitrogens with one attached hydrogen (secondary N) is 1. The molecule has 0 spiro atoms. The first-order chi connectivity index (χ1) is 10.0. The van der Waals surface area contributed by atoms with E-state index < -0.39 is 0 Å². The summed E-state index contributed by atoms with van der Waals surface area (Å²) < 4.78 is 0. The van der Waals surface area contributed by atoms with Crippen molar-refractivity contribution in [2.24, 2.45) is 11.8 Å². The van der Waals surface area contributed by atoms with Crippen LogP contribution in [-0.2, 0) is 9.59 Å². The number of nitrogens with zero attached hydrogens (tertiary/aromatic N) is 1. The number of benzene rings is 1. The summed E-state index contributed by atoms with van der Waals surface area (Å²) in [6.07, 6.45) is 1.19. The van der Waals surface area contributed by atoms with Crippen molar-refractivity contribution in [2.75, 3.05) is 18.0 Å². The van der Waals surface area contributed by atoms with Crippen molar-refractivity contribution in [3.05, 3.63) is 29.8 Å². The highest BCUT2D eigenvalue weighted by Gasteiger charge is 2.39. The highest BCUT2D eigenvalue weighted by Crippen LogP contribution is 2.33. The van der Waals surface area contributed by atoms with Gasteiger partial charge in [-0.15, -0.1) is 0 Å². The van der Waals surface area contributed by atoms with Gasteiger partial charge in [-0.1, -0.05) is 26.0 Å². The molecule has 1 aromatic rings. The molecular weight excluding hydrogens is 264 g/mol. The van der Waals surface area contributed by atoms with Gasteiger partial charge in [0.15, 0.2) is 0 Å². The first kappa shape index (κ1) is 14.1. The third kappa shape index (κ3) is 2.80. The number of carbonyl (C=O) groups excluding carboxylic acids is 2. The van der Waals surface area contributed by atoms with Gasteiger partial charge in [-0.2, -0.15) is 0 Å². The average molecular weight is 286 g/mol. The largest absolute Gasteiger partial charge is 0.371 e. The number of rotatable bonds is 3. The number of hydrogen-bond acceptors (Lipinski definition) is 3. The summed E-state index contributed by atoms with van der Waals surface area (Å²) in [6, 6.07) is 8.63. The van der Waals surface area contributed by atoms with E-state index in [4.69, 9.17) is 0 Å². The molecule has 1 atom stereocenters. The predicted octanol–water partition coefficient (Wildman–Crippen LogP) is 2.30. The minimum absolute atomic E-state index is 0.00670. The second-order valence-corrected chi connectivity index (χ2v) is 6.47. The molecule has 0 saturated carbocycles. The van der Waals surface area contributed by atoms with Gasteiger partial charge in [0.1, 0.15) is 0 Å². The van der Waals surface area contributed by atoms with Crippen molar-refractivity contribution in [1.29, 1.82) is 0 Å². The van der Waals surface area contributed by atoms with Crippen LogP contribution in [-0.4, -0.2) is 24.9 Å². The van der Waals surface area contributed by atoms with Crippen LogP contribution in [0.25, 0.3) is 0 Å². The zero-order valence-electron chi connectivity index (χ0n) is 12.6. The summed E-state index contributed by atoms with van der Waals surface area (Å²) in [6.45, 7) is 6.21. The maximum Gasteiger partial charge on any atom is 0.230 e. The number of hydrogen-bond donors (Lipinski definition) is 1. The third-order valence-corrected chi connectivity index (χ3v) is 4.66. The fraction of sp³-hybridized carbons (Fsp3) is 0.529. The monoisotopic (exact) mass is 286 g/mol. The maximum atomic E-state index is 11.9. The Kier molecular flexibility index (Phi) is 3.70. The molecule has 4 nitrogen and oxygen atoms in total. The highest BCUT2D eigenvalue weighted by molar-refractivity contribution is 5.98. The Labute approximate surface area is 125 Å². The van der Waals surface area contributed by atoms with Crippen LogP contribution in [0.1, 0.15) is 38.2 Å². The lowest BCUT2D eigenvalue weighted by Crippen LogP contribution is -2.55. The van der Waals surface area contributed by atoms with E-state index in [0.29, 0.717) is 24.7 Å². The lowest BCUT2D eigenvalue weighted by atomic mass is 9.80. The van der Waals surface area contributed by atoms with E-state index in [-0.39, 0.29) is 17.7 Å². The molecule has 2 amide bonds. The molecule has 2 fully saturated rings. The predicted molar refractivity (Wildman–Crippen MR) is 82.1 cm³/mol. The van der Waals surface area contributed by atoms with Crippen LogP contribution >= 0.6 is 0 Å². The Balaban J connectivity index is 1.62. The van der Waals surface area contributed by atoms with E-state index in [1.54, 1.807) is 0 Å². The maximum absolute atomic E-state index is 11.9. The summed E-state index contributed by atoms with van der Waals surface area (Å²) in [5.74, 6) is 0.703. The quantitative estimate of drug-likeness (QED) is 0.867. The van der Waals surface area contributed by atoms with Crippen LogP contribution in [0, 0.1) is 11.8 Å². The molecule has 2 heterocycles. The number of piperidine rings is 1. The number of anilines is 1. The molecule has 1 N–H and O–H groups in total. The lowest BCUT2D eigenvalue weighted by Gasteiger charge is -2.45. The summed E-state index contributed by atoms with van der Waals surface area (Å²) in [7, 11) is 0. The van der Waals surface area contributed by atoms with E-state index in [1.807, 2.05) is 0 Å². The van der Waals surface area contributed by atoms with Gasteiger partial charge in [0.05, 0.1) is 0 Å². The van der Waals surface area contributed by atoms with Crippen LogP contribution in [0.15, 0.2) is 24.3 Å². The molecule has 3 rings (SSSR count). The Morgan fingerprint density at radius 2 is 2.00 bits per heavy atom. The van der Waals surface area contributed by atoms with Gasteiger partial charge in [-0.3, -0.25) is 14.9 Å². The van der Waals surface area contributed by atoms with Gasteiger partial charge >= 0.3 is 0 Å². The Morgan fingerprint density at radius 1 is 1.24 bits per heavy atom. The van der Waals surface area contributed by atoms with Crippen molar-refractivity contribution >= 4 is 17.5 Å². The molecule has 0 aliphatic carbocycles. The van der Waals surface area contributed by atoms with Crippen LogP contribution in [0.3, 0.4) is 0 Å². The van der Waals surface area contributed by atoms with Crippen molar-refractivity contribution < 1.29 is 9.59 Å². The molecular formula is C17H22N2O2. The molecule has 112 valence electrons. The third-order valence-electron chi connectivity index (χ3n) is 4.66. The second-order valence-electron chi connectivity index (χ2n) is 6.47. The molecule has 1 unspecified atom stereocenters. The van der Waals surface area contributed by atoms with Gasteiger partial charge in [-0.05, 0) is 30.0 Å². The molecule has 2 saturated heterocycles. The highest BCUT2D eigenvalue weighted by atomic mass is 16.2. The van der Waals surface area contributed by atoms with Gasteiger partial charge in [0.2, 0.25) is 11.8 Å². The van der Waals surface area contributed by atoms with Gasteiger partial charge in [-0.25, -0.2) is 0 Å². The molecule has 0 bridgehead atoms. The molecule has 0 aromatic heterocycles. The molecule has 2 aliphatic rings.